The molecule has 0 amide bonds. The molecular weight excluding hydrogens is 256 g/mol. The summed E-state index contributed by atoms with van der Waals surface area (Å²) in [7, 11) is 0. The van der Waals surface area contributed by atoms with Gasteiger partial charge in [0.2, 0.25) is 0 Å². The van der Waals surface area contributed by atoms with Crippen molar-refractivity contribution in [2.24, 2.45) is 0 Å². The molecule has 108 valence electrons. The Bertz CT molecular complexity index is 370. The summed E-state index contributed by atoms with van der Waals surface area (Å²) in [5.74, 6) is 3.85. The van der Waals surface area contributed by atoms with Crippen molar-refractivity contribution in [3.8, 4) is 0 Å². The van der Waals surface area contributed by atoms with E-state index in [4.69, 9.17) is 0 Å². The van der Waals surface area contributed by atoms with Gasteiger partial charge < -0.3 is 10.6 Å². The highest BCUT2D eigenvalue weighted by Gasteiger charge is 2.07. The minimum absolute atomic E-state index is 0.415. The van der Waals surface area contributed by atoms with Gasteiger partial charge in [-0.2, -0.15) is 11.8 Å². The molecule has 0 radical (unpaired) electrons. The normalized spacial score (nSPS) is 12.2. The van der Waals surface area contributed by atoms with Crippen LogP contribution in [0.5, 0.6) is 0 Å². The van der Waals surface area contributed by atoms with Gasteiger partial charge in [-0.05, 0) is 26.0 Å². The largest absolute Gasteiger partial charge is 0.370 e. The molecular formula is C14H26N4S. The number of nitrogens with one attached hydrogen (secondary N) is 2. The molecule has 0 bridgehead atoms. The number of hydrogen-bond donors (Lipinski definition) is 2. The molecule has 1 heterocycles. The molecule has 0 saturated carbocycles. The van der Waals surface area contributed by atoms with Crippen LogP contribution in [0.2, 0.25) is 0 Å². The number of hydrogen-bond acceptors (Lipinski definition) is 5. The van der Waals surface area contributed by atoms with E-state index < -0.39 is 0 Å². The zero-order valence-corrected chi connectivity index (χ0v) is 13.3. The summed E-state index contributed by atoms with van der Waals surface area (Å²) >= 11 is 1.84. The maximum atomic E-state index is 4.58. The van der Waals surface area contributed by atoms with Crippen LogP contribution < -0.4 is 10.6 Å². The van der Waals surface area contributed by atoms with Crippen molar-refractivity contribution in [2.75, 3.05) is 29.2 Å². The summed E-state index contributed by atoms with van der Waals surface area (Å²) in [6, 6.07) is 2.42. The fourth-order valence-corrected chi connectivity index (χ4v) is 2.38. The minimum Gasteiger partial charge on any atom is -0.370 e. The van der Waals surface area contributed by atoms with Crippen molar-refractivity contribution in [1.82, 2.24) is 9.97 Å². The molecule has 0 saturated heterocycles. The minimum atomic E-state index is 0.415. The quantitative estimate of drug-likeness (QED) is 0.727. The van der Waals surface area contributed by atoms with Gasteiger partial charge in [-0.1, -0.05) is 13.8 Å². The molecule has 0 aliphatic rings. The summed E-state index contributed by atoms with van der Waals surface area (Å²) in [4.78, 5) is 9.13. The molecule has 0 aliphatic carbocycles. The van der Waals surface area contributed by atoms with E-state index in [9.17, 15) is 0 Å². The molecule has 0 spiro atoms. The smallest absolute Gasteiger partial charge is 0.133 e. The maximum absolute atomic E-state index is 4.58. The second-order valence-electron chi connectivity index (χ2n) is 4.73. The number of anilines is 2. The second-order valence-corrected chi connectivity index (χ2v) is 5.64. The van der Waals surface area contributed by atoms with Gasteiger partial charge in [0.15, 0.2) is 0 Å². The van der Waals surface area contributed by atoms with E-state index in [1.807, 2.05) is 17.8 Å². The van der Waals surface area contributed by atoms with E-state index in [2.05, 4.69) is 47.6 Å². The number of aryl methyl sites for hydroxylation is 1. The number of aromatic nitrogens is 2. The topological polar surface area (TPSA) is 49.8 Å². The van der Waals surface area contributed by atoms with E-state index in [1.165, 1.54) is 0 Å². The van der Waals surface area contributed by atoms with Gasteiger partial charge in [-0.25, -0.2) is 9.97 Å². The Kier molecular flexibility index (Phi) is 7.63. The Morgan fingerprint density at radius 1 is 1.21 bits per heavy atom. The molecule has 1 rings (SSSR count). The average molecular weight is 282 g/mol. The number of rotatable bonds is 9. The van der Waals surface area contributed by atoms with E-state index >= 15 is 0 Å². The third-order valence-corrected chi connectivity index (χ3v) is 3.45. The summed E-state index contributed by atoms with van der Waals surface area (Å²) in [5, 5.41) is 6.79. The predicted octanol–water partition coefficient (Wildman–Crippen LogP) is 3.41. The summed E-state index contributed by atoms with van der Waals surface area (Å²) < 4.78 is 0. The van der Waals surface area contributed by atoms with E-state index in [-0.39, 0.29) is 0 Å². The lowest BCUT2D eigenvalue weighted by atomic mass is 10.3. The third-order valence-electron chi connectivity index (χ3n) is 2.61. The van der Waals surface area contributed by atoms with Crippen molar-refractivity contribution in [1.29, 1.82) is 0 Å². The van der Waals surface area contributed by atoms with E-state index in [1.54, 1.807) is 0 Å². The standard InChI is InChI=1S/C14H26N4S/c1-5-7-12-17-13(15-8-6-2)9-14(18-12)16-11(3)10-19-4/h9,11H,5-8,10H2,1-4H3,(H2,15,16,17,18). The van der Waals surface area contributed by atoms with Crippen LogP contribution in [0, 0.1) is 0 Å². The van der Waals surface area contributed by atoms with E-state index in [0.717, 1.165) is 49.0 Å². The molecule has 1 aromatic heterocycles. The van der Waals surface area contributed by atoms with Gasteiger partial charge in [-0.15, -0.1) is 0 Å². The van der Waals surface area contributed by atoms with E-state index in [0.29, 0.717) is 6.04 Å². The monoisotopic (exact) mass is 282 g/mol. The first kappa shape index (κ1) is 16.1. The predicted molar refractivity (Wildman–Crippen MR) is 86.3 cm³/mol. The molecule has 1 unspecified atom stereocenters. The van der Waals surface area contributed by atoms with Crippen molar-refractivity contribution in [2.45, 2.75) is 46.1 Å². The summed E-state index contributed by atoms with van der Waals surface area (Å²) in [5.41, 5.74) is 0. The van der Waals surface area contributed by atoms with Gasteiger partial charge in [0.1, 0.15) is 17.5 Å². The van der Waals surface area contributed by atoms with Gasteiger partial charge in [0, 0.05) is 30.8 Å². The Hall–Kier alpha value is -0.970. The first-order chi connectivity index (χ1) is 9.19. The van der Waals surface area contributed by atoms with Gasteiger partial charge in [0.05, 0.1) is 0 Å². The first-order valence-corrected chi connectivity index (χ1v) is 8.46. The van der Waals surface area contributed by atoms with Crippen LogP contribution in [0.4, 0.5) is 11.6 Å². The lowest BCUT2D eigenvalue weighted by molar-refractivity contribution is 0.822. The fourth-order valence-electron chi connectivity index (χ4n) is 1.79. The molecule has 4 nitrogen and oxygen atoms in total. The van der Waals surface area contributed by atoms with Gasteiger partial charge >= 0.3 is 0 Å². The molecule has 19 heavy (non-hydrogen) atoms. The van der Waals surface area contributed by atoms with Crippen molar-refractivity contribution >= 4 is 23.4 Å². The Labute approximate surface area is 121 Å². The van der Waals surface area contributed by atoms with Crippen molar-refractivity contribution in [3.05, 3.63) is 11.9 Å². The SMILES string of the molecule is CCCNc1cc(NC(C)CSC)nc(CCC)n1. The van der Waals surface area contributed by atoms with Crippen LogP contribution >= 0.6 is 11.8 Å². The molecule has 0 fully saturated rings. The summed E-state index contributed by atoms with van der Waals surface area (Å²) in [6.45, 7) is 7.43. The molecule has 5 heteroatoms. The lowest BCUT2D eigenvalue weighted by Crippen LogP contribution is -2.19. The van der Waals surface area contributed by atoms with Crippen LogP contribution in [-0.4, -0.2) is 34.6 Å². The third kappa shape index (κ3) is 6.14. The zero-order valence-electron chi connectivity index (χ0n) is 12.5. The highest BCUT2D eigenvalue weighted by molar-refractivity contribution is 7.98. The number of nitrogens with zero attached hydrogens (tertiary/aromatic N) is 2. The summed E-state index contributed by atoms with van der Waals surface area (Å²) in [6.07, 6.45) is 5.21. The highest BCUT2D eigenvalue weighted by Crippen LogP contribution is 2.14. The van der Waals surface area contributed by atoms with Crippen LogP contribution in [-0.2, 0) is 6.42 Å². The van der Waals surface area contributed by atoms with Gasteiger partial charge in [-0.3, -0.25) is 0 Å². The van der Waals surface area contributed by atoms with Crippen molar-refractivity contribution < 1.29 is 0 Å². The lowest BCUT2D eigenvalue weighted by Gasteiger charge is -2.15. The maximum Gasteiger partial charge on any atom is 0.133 e. The fraction of sp³-hybridized carbons (Fsp3) is 0.714. The Morgan fingerprint density at radius 3 is 2.58 bits per heavy atom. The molecule has 0 aromatic carbocycles. The van der Waals surface area contributed by atoms with Crippen LogP contribution in [0.15, 0.2) is 6.07 Å². The van der Waals surface area contributed by atoms with Crippen molar-refractivity contribution in [3.63, 3.8) is 0 Å². The van der Waals surface area contributed by atoms with Crippen LogP contribution in [0.3, 0.4) is 0 Å². The highest BCUT2D eigenvalue weighted by atomic mass is 32.2. The average Bonchev–Trinajstić information content (AvgIpc) is 2.36. The molecule has 1 atom stereocenters. The Balaban J connectivity index is 2.79. The van der Waals surface area contributed by atoms with Gasteiger partial charge in [0.25, 0.3) is 0 Å². The van der Waals surface area contributed by atoms with Crippen LogP contribution in [0.1, 0.15) is 39.4 Å². The molecule has 0 aliphatic heterocycles. The molecule has 2 N–H and O–H groups in total. The number of thioether (sulfide) groups is 1. The van der Waals surface area contributed by atoms with Crippen LogP contribution in [0.25, 0.3) is 0 Å². The Morgan fingerprint density at radius 2 is 1.95 bits per heavy atom. The zero-order chi connectivity index (χ0) is 14.1. The molecule has 1 aromatic rings. The first-order valence-electron chi connectivity index (χ1n) is 7.06. The second kappa shape index (κ2) is 9.02.